The van der Waals surface area contributed by atoms with Gasteiger partial charge in [0.1, 0.15) is 10.6 Å². The van der Waals surface area contributed by atoms with Gasteiger partial charge in [-0.2, -0.15) is 0 Å². The third-order valence-corrected chi connectivity index (χ3v) is 6.66. The second-order valence-electron chi connectivity index (χ2n) is 7.82. The summed E-state index contributed by atoms with van der Waals surface area (Å²) in [6, 6.07) is 8.94. The summed E-state index contributed by atoms with van der Waals surface area (Å²) < 4.78 is 15.8. The number of thiazole rings is 1. The van der Waals surface area contributed by atoms with Gasteiger partial charge in [-0.3, -0.25) is 14.5 Å². The summed E-state index contributed by atoms with van der Waals surface area (Å²) in [4.78, 5) is 44.5. The summed E-state index contributed by atoms with van der Waals surface area (Å²) in [7, 11) is 1.25. The van der Waals surface area contributed by atoms with Crippen LogP contribution in [-0.2, 0) is 9.53 Å². The second kappa shape index (κ2) is 10.1. The number of aryl methyl sites for hydroxylation is 1. The molecule has 1 aliphatic heterocycles. The zero-order chi connectivity index (χ0) is 25.1. The van der Waals surface area contributed by atoms with Crippen LogP contribution >= 0.6 is 11.3 Å². The molecule has 0 aliphatic carbocycles. The van der Waals surface area contributed by atoms with E-state index in [1.54, 1.807) is 37.3 Å². The lowest BCUT2D eigenvalue weighted by Crippen LogP contribution is -2.31. The van der Waals surface area contributed by atoms with Crippen molar-refractivity contribution in [1.82, 2.24) is 4.98 Å². The number of anilines is 1. The van der Waals surface area contributed by atoms with E-state index in [2.05, 4.69) is 11.9 Å². The van der Waals surface area contributed by atoms with E-state index in [1.807, 2.05) is 0 Å². The quantitative estimate of drug-likeness (QED) is 0.255. The van der Waals surface area contributed by atoms with Gasteiger partial charge in [-0.15, -0.1) is 0 Å². The Balaban J connectivity index is 1.78. The molecule has 0 radical (unpaired) electrons. The average molecular weight is 497 g/mol. The fraction of sp³-hybridized carbons (Fsp3) is 0.280. The maximum Gasteiger partial charge on any atom is 0.350 e. The molecular weight excluding hydrogens is 472 g/mol. The smallest absolute Gasteiger partial charge is 0.350 e. The van der Waals surface area contributed by atoms with E-state index in [1.165, 1.54) is 24.3 Å². The summed E-state index contributed by atoms with van der Waals surface area (Å²) in [6.07, 6.45) is 3.25. The van der Waals surface area contributed by atoms with Crippen LogP contribution in [0.1, 0.15) is 57.3 Å². The minimum Gasteiger partial charge on any atom is -0.503 e. The highest BCUT2D eigenvalue weighted by Gasteiger charge is 2.46. The number of carbonyl (C=O) groups is 3. The van der Waals surface area contributed by atoms with Gasteiger partial charge in [0.2, 0.25) is 5.78 Å². The maximum atomic E-state index is 13.3. The molecule has 1 amide bonds. The van der Waals surface area contributed by atoms with Crippen LogP contribution in [0.15, 0.2) is 58.4 Å². The van der Waals surface area contributed by atoms with Crippen LogP contribution in [-0.4, -0.2) is 41.5 Å². The number of hydrogen-bond donors (Lipinski definition) is 1. The Bertz CT molecular complexity index is 1280. The fourth-order valence-corrected chi connectivity index (χ4v) is 4.75. The van der Waals surface area contributed by atoms with Crippen molar-refractivity contribution in [2.75, 3.05) is 18.6 Å². The Kier molecular flexibility index (Phi) is 7.02. The predicted octanol–water partition coefficient (Wildman–Crippen LogP) is 4.79. The zero-order valence-electron chi connectivity index (χ0n) is 19.4. The van der Waals surface area contributed by atoms with E-state index in [0.29, 0.717) is 23.6 Å². The number of ketones is 1. The molecule has 2 aromatic heterocycles. The summed E-state index contributed by atoms with van der Waals surface area (Å²) in [6.45, 7) is 4.26. The highest BCUT2D eigenvalue weighted by atomic mass is 32.1. The number of aliphatic hydroxyl groups excluding tert-OH is 1. The van der Waals surface area contributed by atoms with Crippen molar-refractivity contribution in [3.8, 4) is 5.75 Å². The van der Waals surface area contributed by atoms with Crippen LogP contribution in [0.3, 0.4) is 0 Å². The average Bonchev–Trinajstić information content (AvgIpc) is 3.58. The Morgan fingerprint density at radius 1 is 1.23 bits per heavy atom. The number of esters is 1. The molecule has 9 nitrogen and oxygen atoms in total. The van der Waals surface area contributed by atoms with Crippen LogP contribution in [0, 0.1) is 6.92 Å². The molecule has 3 aromatic rings. The molecule has 3 heterocycles. The molecule has 1 aromatic carbocycles. The van der Waals surface area contributed by atoms with Gasteiger partial charge in [-0.1, -0.05) is 36.8 Å². The summed E-state index contributed by atoms with van der Waals surface area (Å²) in [5.74, 6) is -2.10. The molecule has 1 atom stereocenters. The van der Waals surface area contributed by atoms with Crippen molar-refractivity contribution in [3.63, 3.8) is 0 Å². The fourth-order valence-electron chi connectivity index (χ4n) is 3.74. The number of Topliss-reactive ketones (excluding diaryl/α,β-unsaturated/α-hetero) is 1. The number of amides is 1. The van der Waals surface area contributed by atoms with Crippen molar-refractivity contribution in [1.29, 1.82) is 0 Å². The number of ether oxygens (including phenoxy) is 2. The maximum absolute atomic E-state index is 13.3. The van der Waals surface area contributed by atoms with Gasteiger partial charge in [0.05, 0.1) is 37.3 Å². The Labute approximate surface area is 205 Å². The normalized spacial score (nSPS) is 15.6. The molecule has 1 unspecified atom stereocenters. The Morgan fingerprint density at radius 2 is 1.97 bits per heavy atom. The molecule has 0 saturated carbocycles. The van der Waals surface area contributed by atoms with E-state index in [4.69, 9.17) is 13.9 Å². The van der Waals surface area contributed by atoms with Crippen LogP contribution < -0.4 is 9.64 Å². The van der Waals surface area contributed by atoms with Crippen LogP contribution in [0.25, 0.3) is 0 Å². The number of rotatable bonds is 9. The van der Waals surface area contributed by atoms with Gasteiger partial charge in [-0.25, -0.2) is 9.78 Å². The molecule has 1 N–H and O–H groups in total. The number of furan rings is 1. The third-order valence-electron chi connectivity index (χ3n) is 5.52. The van der Waals surface area contributed by atoms with E-state index < -0.39 is 29.5 Å². The lowest BCUT2D eigenvalue weighted by atomic mass is 9.95. The minimum atomic E-state index is -0.999. The first-order chi connectivity index (χ1) is 16.9. The SMILES string of the molecule is CCCCOc1ccc(C2C(C(=O)c3ccco3)=C(O)C(=O)N2c2nc(C)c(C(=O)OC)s2)cc1. The topological polar surface area (TPSA) is 119 Å². The summed E-state index contributed by atoms with van der Waals surface area (Å²) in [5, 5.41) is 11.0. The molecule has 182 valence electrons. The zero-order valence-corrected chi connectivity index (χ0v) is 20.3. The van der Waals surface area contributed by atoms with Crippen molar-refractivity contribution >= 4 is 34.1 Å². The van der Waals surface area contributed by atoms with E-state index >= 15 is 0 Å². The first kappa shape index (κ1) is 24.2. The van der Waals surface area contributed by atoms with Gasteiger partial charge in [0.25, 0.3) is 5.91 Å². The third kappa shape index (κ3) is 4.57. The lowest BCUT2D eigenvalue weighted by Gasteiger charge is -2.24. The van der Waals surface area contributed by atoms with Gasteiger partial charge < -0.3 is 19.0 Å². The number of methoxy groups -OCH3 is 1. The van der Waals surface area contributed by atoms with Gasteiger partial charge in [0, 0.05) is 0 Å². The highest BCUT2D eigenvalue weighted by molar-refractivity contribution is 7.17. The first-order valence-corrected chi connectivity index (χ1v) is 11.8. The molecular formula is C25H24N2O7S. The number of unbranched alkanes of at least 4 members (excludes halogenated alkanes) is 1. The molecule has 1 aliphatic rings. The van der Waals surface area contributed by atoms with Crippen molar-refractivity contribution in [3.05, 3.63) is 75.9 Å². The number of aliphatic hydroxyl groups is 1. The van der Waals surface area contributed by atoms with Gasteiger partial charge >= 0.3 is 5.97 Å². The Morgan fingerprint density at radius 3 is 2.60 bits per heavy atom. The van der Waals surface area contributed by atoms with Crippen LogP contribution in [0.2, 0.25) is 0 Å². The largest absolute Gasteiger partial charge is 0.503 e. The first-order valence-electron chi connectivity index (χ1n) is 11.0. The number of benzene rings is 1. The number of aromatic nitrogens is 1. The van der Waals surface area contributed by atoms with Gasteiger partial charge in [-0.05, 0) is 43.2 Å². The van der Waals surface area contributed by atoms with Crippen molar-refractivity contribution in [2.45, 2.75) is 32.7 Å². The van der Waals surface area contributed by atoms with E-state index in [9.17, 15) is 19.5 Å². The molecule has 35 heavy (non-hydrogen) atoms. The van der Waals surface area contributed by atoms with Gasteiger partial charge in [0.15, 0.2) is 16.7 Å². The number of carbonyl (C=O) groups excluding carboxylic acids is 3. The second-order valence-corrected chi connectivity index (χ2v) is 8.80. The molecule has 0 bridgehead atoms. The monoisotopic (exact) mass is 496 g/mol. The summed E-state index contributed by atoms with van der Waals surface area (Å²) >= 11 is 0.944. The minimum absolute atomic E-state index is 0.0173. The van der Waals surface area contributed by atoms with Crippen LogP contribution in [0.5, 0.6) is 5.75 Å². The predicted molar refractivity (Wildman–Crippen MR) is 128 cm³/mol. The molecule has 0 spiro atoms. The molecule has 0 saturated heterocycles. The summed E-state index contributed by atoms with van der Waals surface area (Å²) in [5.41, 5.74) is 0.776. The van der Waals surface area contributed by atoms with E-state index in [-0.39, 0.29) is 21.3 Å². The molecule has 4 rings (SSSR count). The van der Waals surface area contributed by atoms with Crippen molar-refractivity contribution in [2.24, 2.45) is 0 Å². The highest BCUT2D eigenvalue weighted by Crippen LogP contribution is 2.44. The standard InChI is InChI=1S/C25H24N2O7S/c1-4-5-12-33-16-10-8-15(9-11-16)19-18(20(28)17-7-6-13-34-17)21(29)23(30)27(19)25-26-14(2)22(35-25)24(31)32-3/h6-11,13,19,29H,4-5,12H2,1-3H3. The number of hydrogen-bond acceptors (Lipinski definition) is 9. The molecule has 0 fully saturated rings. The van der Waals surface area contributed by atoms with E-state index in [0.717, 1.165) is 24.2 Å². The van der Waals surface area contributed by atoms with Crippen molar-refractivity contribution < 1.29 is 33.4 Å². The number of nitrogens with zero attached hydrogens (tertiary/aromatic N) is 2. The lowest BCUT2D eigenvalue weighted by molar-refractivity contribution is -0.117. The van der Waals surface area contributed by atoms with Crippen LogP contribution in [0.4, 0.5) is 5.13 Å². The Hall–Kier alpha value is -3.92. The molecule has 10 heteroatoms.